The predicted molar refractivity (Wildman–Crippen MR) is 160 cm³/mol. The Balaban J connectivity index is 1.51. The molecule has 41 heavy (non-hydrogen) atoms. The van der Waals surface area contributed by atoms with E-state index in [2.05, 4.69) is 5.32 Å². The summed E-state index contributed by atoms with van der Waals surface area (Å²) < 4.78 is 12.1. The summed E-state index contributed by atoms with van der Waals surface area (Å²) in [7, 11) is 2.85. The van der Waals surface area contributed by atoms with E-state index in [1.165, 1.54) is 30.1 Å². The number of fused-ring (bicyclic) bond motifs is 2. The van der Waals surface area contributed by atoms with Crippen molar-refractivity contribution in [3.63, 3.8) is 0 Å². The van der Waals surface area contributed by atoms with E-state index in [0.29, 0.717) is 26.9 Å². The minimum Gasteiger partial charge on any atom is -0.465 e. The maximum Gasteiger partial charge on any atom is 0.356 e. The number of carbonyl (C=O) groups is 3. The van der Waals surface area contributed by atoms with Gasteiger partial charge in [-0.05, 0) is 61.6 Å². The molecule has 0 bridgehead atoms. The average molecular weight is 573 g/mol. The molecule has 1 atom stereocenters. The van der Waals surface area contributed by atoms with Crippen molar-refractivity contribution in [1.29, 1.82) is 0 Å². The highest BCUT2D eigenvalue weighted by Gasteiger charge is 2.31. The zero-order chi connectivity index (χ0) is 29.3. The lowest BCUT2D eigenvalue weighted by Crippen LogP contribution is -2.34. The van der Waals surface area contributed by atoms with Gasteiger partial charge in [0.1, 0.15) is 10.7 Å². The second kappa shape index (κ2) is 11.7. The van der Waals surface area contributed by atoms with Crippen molar-refractivity contribution >= 4 is 45.0 Å². The molecule has 4 aromatic rings. The highest BCUT2D eigenvalue weighted by atomic mass is 32.1. The SMILES string of the molecule is CCC(OC(=O)c1c(-c2ccc(C)cc2)c2ccccc2c(=O)n1C)C(=O)Nc1sc2c(c1C(=O)OC)CCCC2. The van der Waals surface area contributed by atoms with Crippen LogP contribution in [0.5, 0.6) is 0 Å². The van der Waals surface area contributed by atoms with E-state index in [9.17, 15) is 19.2 Å². The molecule has 0 fully saturated rings. The zero-order valence-electron chi connectivity index (χ0n) is 23.5. The monoisotopic (exact) mass is 572 g/mol. The van der Waals surface area contributed by atoms with E-state index in [-0.39, 0.29) is 17.7 Å². The van der Waals surface area contributed by atoms with Gasteiger partial charge in [-0.1, -0.05) is 55.0 Å². The van der Waals surface area contributed by atoms with Gasteiger partial charge in [0.05, 0.1) is 12.7 Å². The van der Waals surface area contributed by atoms with E-state index >= 15 is 0 Å². The van der Waals surface area contributed by atoms with Gasteiger partial charge in [0.15, 0.2) is 6.10 Å². The number of thiophene rings is 1. The van der Waals surface area contributed by atoms with E-state index in [0.717, 1.165) is 47.3 Å². The second-order valence-electron chi connectivity index (χ2n) is 10.2. The van der Waals surface area contributed by atoms with Crippen LogP contribution in [-0.2, 0) is 34.2 Å². The molecule has 1 unspecified atom stereocenters. The van der Waals surface area contributed by atoms with E-state index in [1.54, 1.807) is 25.1 Å². The molecule has 212 valence electrons. The smallest absolute Gasteiger partial charge is 0.356 e. The molecule has 9 heteroatoms. The number of aromatic nitrogens is 1. The van der Waals surface area contributed by atoms with Crippen molar-refractivity contribution in [1.82, 2.24) is 4.57 Å². The number of carbonyl (C=O) groups excluding carboxylic acids is 3. The maximum atomic E-state index is 13.8. The number of anilines is 1. The molecule has 1 amide bonds. The Hall–Kier alpha value is -4.24. The fourth-order valence-corrected chi connectivity index (χ4v) is 6.67. The van der Waals surface area contributed by atoms with Crippen LogP contribution in [-0.4, -0.2) is 35.6 Å². The summed E-state index contributed by atoms with van der Waals surface area (Å²) in [5, 5.41) is 4.33. The first-order valence-corrected chi connectivity index (χ1v) is 14.5. The molecule has 0 saturated carbocycles. The molecule has 0 aliphatic heterocycles. The van der Waals surface area contributed by atoms with Gasteiger partial charge in [-0.3, -0.25) is 9.59 Å². The van der Waals surface area contributed by atoms with Gasteiger partial charge < -0.3 is 19.4 Å². The Morgan fingerprint density at radius 2 is 1.68 bits per heavy atom. The Bertz CT molecular complexity index is 1720. The summed E-state index contributed by atoms with van der Waals surface area (Å²) in [6.45, 7) is 3.70. The zero-order valence-corrected chi connectivity index (χ0v) is 24.4. The summed E-state index contributed by atoms with van der Waals surface area (Å²) in [5.74, 6) is -1.84. The quantitative estimate of drug-likeness (QED) is 0.280. The van der Waals surface area contributed by atoms with E-state index in [1.807, 2.05) is 37.3 Å². The number of methoxy groups -OCH3 is 1. The molecule has 1 N–H and O–H groups in total. The topological polar surface area (TPSA) is 104 Å². The average Bonchev–Trinajstić information content (AvgIpc) is 3.35. The fourth-order valence-electron chi connectivity index (χ4n) is 5.39. The van der Waals surface area contributed by atoms with Crippen LogP contribution < -0.4 is 10.9 Å². The number of hydrogen-bond acceptors (Lipinski definition) is 7. The van der Waals surface area contributed by atoms with Gasteiger partial charge in [-0.25, -0.2) is 9.59 Å². The third-order valence-electron chi connectivity index (χ3n) is 7.55. The first-order valence-electron chi connectivity index (χ1n) is 13.7. The van der Waals surface area contributed by atoms with Crippen molar-refractivity contribution in [3.8, 4) is 11.1 Å². The number of hydrogen-bond donors (Lipinski definition) is 1. The number of esters is 2. The van der Waals surface area contributed by atoms with E-state index in [4.69, 9.17) is 9.47 Å². The molecule has 0 radical (unpaired) electrons. The Morgan fingerprint density at radius 3 is 2.37 bits per heavy atom. The molecular weight excluding hydrogens is 540 g/mol. The summed E-state index contributed by atoms with van der Waals surface area (Å²) in [4.78, 5) is 54.2. The second-order valence-corrected chi connectivity index (χ2v) is 11.3. The highest BCUT2D eigenvalue weighted by molar-refractivity contribution is 7.17. The molecule has 1 aliphatic rings. The maximum absolute atomic E-state index is 13.8. The minimum atomic E-state index is -1.15. The number of rotatable bonds is 7. The molecule has 1 aliphatic carbocycles. The third-order valence-corrected chi connectivity index (χ3v) is 8.75. The van der Waals surface area contributed by atoms with Crippen LogP contribution in [0.2, 0.25) is 0 Å². The molecule has 0 spiro atoms. The van der Waals surface area contributed by atoms with Crippen LogP contribution in [0.1, 0.15) is 63.0 Å². The molecule has 2 aromatic heterocycles. The Kier molecular flexibility index (Phi) is 8.08. The summed E-state index contributed by atoms with van der Waals surface area (Å²) in [6, 6.07) is 14.8. The standard InChI is InChI=1S/C32H32N2O6S/c1-5-23(28(35)33-29-26(31(37)39-4)22-12-8-9-13-24(22)41-29)40-32(38)27-25(19-16-14-18(2)15-17-19)20-10-6-7-11-21(20)30(36)34(27)3/h6-7,10-11,14-17,23H,5,8-9,12-13H2,1-4H3,(H,33,35). The van der Waals surface area contributed by atoms with Crippen LogP contribution in [0.15, 0.2) is 53.3 Å². The molecule has 0 saturated heterocycles. The summed E-state index contributed by atoms with van der Waals surface area (Å²) in [5.41, 5.74) is 3.37. The number of nitrogens with one attached hydrogen (secondary N) is 1. The minimum absolute atomic E-state index is 0.0608. The highest BCUT2D eigenvalue weighted by Crippen LogP contribution is 2.39. The largest absolute Gasteiger partial charge is 0.465 e. The number of aryl methyl sites for hydroxylation is 2. The van der Waals surface area contributed by atoms with Crippen molar-refractivity contribution < 1.29 is 23.9 Å². The van der Waals surface area contributed by atoms with Gasteiger partial charge in [0.25, 0.3) is 11.5 Å². The van der Waals surface area contributed by atoms with Crippen LogP contribution in [0.4, 0.5) is 5.00 Å². The third kappa shape index (κ3) is 5.29. The number of pyridine rings is 1. The Labute approximate surface area is 241 Å². The molecule has 2 heterocycles. The van der Waals surface area contributed by atoms with E-state index < -0.39 is 23.9 Å². The lowest BCUT2D eigenvalue weighted by molar-refractivity contribution is -0.124. The van der Waals surface area contributed by atoms with Crippen molar-refractivity contribution in [2.75, 3.05) is 12.4 Å². The van der Waals surface area contributed by atoms with Crippen LogP contribution in [0.25, 0.3) is 21.9 Å². The van der Waals surface area contributed by atoms with Gasteiger partial charge in [0, 0.05) is 22.9 Å². The van der Waals surface area contributed by atoms with Crippen LogP contribution >= 0.6 is 11.3 Å². The number of benzene rings is 2. The number of nitrogens with zero attached hydrogens (tertiary/aromatic N) is 1. The Morgan fingerprint density at radius 1 is 1.00 bits per heavy atom. The molecule has 2 aromatic carbocycles. The van der Waals surface area contributed by atoms with Gasteiger partial charge >= 0.3 is 11.9 Å². The molecule has 5 rings (SSSR count). The molecule has 8 nitrogen and oxygen atoms in total. The van der Waals surface area contributed by atoms with Crippen molar-refractivity contribution in [3.05, 3.63) is 86.1 Å². The van der Waals surface area contributed by atoms with Gasteiger partial charge in [-0.15, -0.1) is 11.3 Å². The number of amides is 1. The first kappa shape index (κ1) is 28.3. The summed E-state index contributed by atoms with van der Waals surface area (Å²) >= 11 is 1.37. The normalized spacial score (nSPS) is 13.4. The summed E-state index contributed by atoms with van der Waals surface area (Å²) in [6.07, 6.45) is 2.60. The number of ether oxygens (including phenoxy) is 2. The lowest BCUT2D eigenvalue weighted by Gasteiger charge is -2.20. The van der Waals surface area contributed by atoms with Crippen molar-refractivity contribution in [2.45, 2.75) is 52.1 Å². The van der Waals surface area contributed by atoms with Gasteiger partial charge in [-0.2, -0.15) is 0 Å². The first-order chi connectivity index (χ1) is 19.7. The fraction of sp³-hybridized carbons (Fsp3) is 0.312. The molecular formula is C32H32N2O6S. The van der Waals surface area contributed by atoms with Crippen LogP contribution in [0, 0.1) is 6.92 Å². The lowest BCUT2D eigenvalue weighted by atomic mass is 9.95. The van der Waals surface area contributed by atoms with Crippen molar-refractivity contribution in [2.24, 2.45) is 7.05 Å². The van der Waals surface area contributed by atoms with Crippen LogP contribution in [0.3, 0.4) is 0 Å². The van der Waals surface area contributed by atoms with Gasteiger partial charge in [0.2, 0.25) is 0 Å². The predicted octanol–water partition coefficient (Wildman–Crippen LogP) is 5.81.